The molecule has 3 amide bonds. The summed E-state index contributed by atoms with van der Waals surface area (Å²) in [6.07, 6.45) is 0.638. The van der Waals surface area contributed by atoms with Gasteiger partial charge in [-0.3, -0.25) is 9.69 Å². The Morgan fingerprint density at radius 1 is 1.11 bits per heavy atom. The van der Waals surface area contributed by atoms with Crippen LogP contribution in [0.1, 0.15) is 32.8 Å². The number of benzene rings is 2. The van der Waals surface area contributed by atoms with E-state index in [1.165, 1.54) is 24.3 Å². The Bertz CT molecular complexity index is 1210. The molecule has 1 saturated heterocycles. The summed E-state index contributed by atoms with van der Waals surface area (Å²) < 4.78 is 46.4. The zero-order valence-corrected chi connectivity index (χ0v) is 22.6. The average molecular weight is 555 g/mol. The van der Waals surface area contributed by atoms with E-state index in [0.717, 1.165) is 11.6 Å². The van der Waals surface area contributed by atoms with Crippen LogP contribution in [-0.2, 0) is 21.4 Å². The molecule has 0 bridgehead atoms. The van der Waals surface area contributed by atoms with E-state index in [1.807, 2.05) is 25.5 Å². The van der Waals surface area contributed by atoms with Crippen LogP contribution < -0.4 is 14.8 Å². The number of sulfonamides is 1. The third-order valence-corrected chi connectivity index (χ3v) is 7.63. The van der Waals surface area contributed by atoms with Gasteiger partial charge in [-0.2, -0.15) is 0 Å². The second-order valence-electron chi connectivity index (χ2n) is 9.04. The summed E-state index contributed by atoms with van der Waals surface area (Å²) in [5, 5.41) is 2.56. The number of nitrogens with one attached hydrogen (secondary N) is 2. The van der Waals surface area contributed by atoms with Crippen LogP contribution in [0.4, 0.5) is 9.18 Å². The molecule has 2 N–H and O–H groups in total. The standard InChI is InChI=1S/C25H32ClFN4O5S/c1-4-11-28-25(33)29-37(34,35)23-12-20(26)7-10-22(23)36-16-24(32)31-14-17(2)30(13-18(31)3)15-19-5-8-21(27)9-6-19/h5-10,12,17-18H,4,11,13-16H2,1-3H3,(H2,28,29,33)/t17-,18+/m0/s1. The van der Waals surface area contributed by atoms with Gasteiger partial charge in [-0.15, -0.1) is 0 Å². The largest absolute Gasteiger partial charge is 0.482 e. The highest BCUT2D eigenvalue weighted by Crippen LogP contribution is 2.28. The number of hydrogen-bond acceptors (Lipinski definition) is 6. The summed E-state index contributed by atoms with van der Waals surface area (Å²) in [5.74, 6) is -0.676. The van der Waals surface area contributed by atoms with Crippen LogP contribution in [0.5, 0.6) is 5.75 Å². The highest BCUT2D eigenvalue weighted by molar-refractivity contribution is 7.90. The van der Waals surface area contributed by atoms with E-state index >= 15 is 0 Å². The van der Waals surface area contributed by atoms with Gasteiger partial charge >= 0.3 is 6.03 Å². The molecular weight excluding hydrogens is 523 g/mol. The fraction of sp³-hybridized carbons (Fsp3) is 0.440. The van der Waals surface area contributed by atoms with Gasteiger partial charge in [0.1, 0.15) is 16.5 Å². The summed E-state index contributed by atoms with van der Waals surface area (Å²) in [4.78, 5) is 28.5. The first kappa shape index (κ1) is 28.7. The van der Waals surface area contributed by atoms with Gasteiger partial charge in [-0.25, -0.2) is 22.3 Å². The van der Waals surface area contributed by atoms with E-state index in [4.69, 9.17) is 16.3 Å². The van der Waals surface area contributed by atoms with Crippen molar-refractivity contribution in [1.29, 1.82) is 0 Å². The first-order valence-corrected chi connectivity index (χ1v) is 13.9. The van der Waals surface area contributed by atoms with Gasteiger partial charge < -0.3 is 15.0 Å². The fourth-order valence-corrected chi connectivity index (χ4v) is 5.41. The molecule has 202 valence electrons. The number of hydrogen-bond donors (Lipinski definition) is 2. The Kier molecular flexibility index (Phi) is 9.74. The van der Waals surface area contributed by atoms with Crippen molar-refractivity contribution in [3.63, 3.8) is 0 Å². The molecule has 9 nitrogen and oxygen atoms in total. The number of urea groups is 1. The Labute approximate surface area is 222 Å². The molecule has 0 saturated carbocycles. The lowest BCUT2D eigenvalue weighted by atomic mass is 10.1. The van der Waals surface area contributed by atoms with E-state index in [9.17, 15) is 22.4 Å². The molecule has 0 aliphatic carbocycles. The number of piperazine rings is 1. The topological polar surface area (TPSA) is 108 Å². The number of amides is 3. The molecule has 0 radical (unpaired) electrons. The van der Waals surface area contributed by atoms with Crippen molar-refractivity contribution >= 4 is 33.6 Å². The summed E-state index contributed by atoms with van der Waals surface area (Å²) in [5.41, 5.74) is 0.983. The van der Waals surface area contributed by atoms with E-state index in [-0.39, 0.29) is 46.1 Å². The SMILES string of the molecule is CCCNC(=O)NS(=O)(=O)c1cc(Cl)ccc1OCC(=O)N1C[C@H](C)N(Cc2ccc(F)cc2)C[C@H]1C. The van der Waals surface area contributed by atoms with Crippen LogP contribution in [-0.4, -0.2) is 68.5 Å². The molecule has 37 heavy (non-hydrogen) atoms. The first-order valence-electron chi connectivity index (χ1n) is 12.0. The van der Waals surface area contributed by atoms with Crippen molar-refractivity contribution in [1.82, 2.24) is 19.8 Å². The van der Waals surface area contributed by atoms with Gasteiger partial charge in [-0.05, 0) is 56.2 Å². The van der Waals surface area contributed by atoms with Gasteiger partial charge in [0, 0.05) is 43.3 Å². The Hall–Kier alpha value is -2.89. The minimum atomic E-state index is -4.30. The molecule has 1 fully saturated rings. The molecule has 0 aromatic heterocycles. The molecule has 2 aromatic carbocycles. The smallest absolute Gasteiger partial charge is 0.328 e. The summed E-state index contributed by atoms with van der Waals surface area (Å²) in [7, 11) is -4.30. The van der Waals surface area contributed by atoms with Gasteiger partial charge in [0.2, 0.25) is 0 Å². The molecule has 2 atom stereocenters. The summed E-state index contributed by atoms with van der Waals surface area (Å²) >= 11 is 6.00. The number of ether oxygens (including phenoxy) is 1. The minimum absolute atomic E-state index is 0.0440. The maximum atomic E-state index is 13.2. The number of carbonyl (C=O) groups is 2. The normalized spacial score (nSPS) is 18.4. The van der Waals surface area contributed by atoms with Crippen molar-refractivity contribution in [2.45, 2.75) is 50.7 Å². The molecule has 1 aliphatic heterocycles. The van der Waals surface area contributed by atoms with Gasteiger partial charge in [0.15, 0.2) is 6.61 Å². The summed E-state index contributed by atoms with van der Waals surface area (Å²) in [6.45, 7) is 7.39. The molecular formula is C25H32ClFN4O5S. The zero-order chi connectivity index (χ0) is 27.2. The zero-order valence-electron chi connectivity index (χ0n) is 21.0. The highest BCUT2D eigenvalue weighted by atomic mass is 35.5. The fourth-order valence-electron chi connectivity index (χ4n) is 4.08. The van der Waals surface area contributed by atoms with Crippen LogP contribution in [0.15, 0.2) is 47.4 Å². The number of nitrogens with zero attached hydrogens (tertiary/aromatic N) is 2. The van der Waals surface area contributed by atoms with Gasteiger partial charge in [0.25, 0.3) is 15.9 Å². The number of halogens is 2. The Balaban J connectivity index is 1.64. The third-order valence-electron chi connectivity index (χ3n) is 6.04. The molecule has 12 heteroatoms. The van der Waals surface area contributed by atoms with E-state index in [2.05, 4.69) is 10.2 Å². The lowest BCUT2D eigenvalue weighted by Gasteiger charge is -2.44. The lowest BCUT2D eigenvalue weighted by molar-refractivity contribution is -0.139. The third kappa shape index (κ3) is 7.80. The van der Waals surface area contributed by atoms with Crippen LogP contribution in [0.25, 0.3) is 0 Å². The van der Waals surface area contributed by atoms with Crippen LogP contribution in [0, 0.1) is 5.82 Å². The van der Waals surface area contributed by atoms with Crippen LogP contribution >= 0.6 is 11.6 Å². The van der Waals surface area contributed by atoms with Gasteiger partial charge in [0.05, 0.1) is 0 Å². The highest BCUT2D eigenvalue weighted by Gasteiger charge is 2.32. The first-order chi connectivity index (χ1) is 17.5. The van der Waals surface area contributed by atoms with Crippen molar-refractivity contribution < 1.29 is 27.1 Å². The molecule has 0 spiro atoms. The van der Waals surface area contributed by atoms with Gasteiger partial charge in [-0.1, -0.05) is 30.7 Å². The Morgan fingerprint density at radius 3 is 2.49 bits per heavy atom. The quantitative estimate of drug-likeness (QED) is 0.492. The maximum Gasteiger partial charge on any atom is 0.328 e. The van der Waals surface area contributed by atoms with Crippen molar-refractivity contribution in [2.75, 3.05) is 26.2 Å². The predicted molar refractivity (Wildman–Crippen MR) is 138 cm³/mol. The van der Waals surface area contributed by atoms with Crippen LogP contribution in [0.3, 0.4) is 0 Å². The Morgan fingerprint density at radius 2 is 1.81 bits per heavy atom. The number of carbonyl (C=O) groups excluding carboxylic acids is 2. The van der Waals surface area contributed by atoms with Crippen molar-refractivity contribution in [3.8, 4) is 5.75 Å². The second kappa shape index (κ2) is 12.6. The van der Waals surface area contributed by atoms with E-state index < -0.39 is 16.1 Å². The van der Waals surface area contributed by atoms with E-state index in [0.29, 0.717) is 32.6 Å². The van der Waals surface area contributed by atoms with Crippen molar-refractivity contribution in [3.05, 3.63) is 58.9 Å². The molecule has 1 heterocycles. The predicted octanol–water partition coefficient (Wildman–Crippen LogP) is 3.38. The average Bonchev–Trinajstić information content (AvgIpc) is 2.84. The van der Waals surface area contributed by atoms with E-state index in [1.54, 1.807) is 17.0 Å². The lowest BCUT2D eigenvalue weighted by Crippen LogP contribution is -2.58. The summed E-state index contributed by atoms with van der Waals surface area (Å²) in [6, 6.07) is 9.36. The van der Waals surface area contributed by atoms with Crippen molar-refractivity contribution in [2.24, 2.45) is 0 Å². The maximum absolute atomic E-state index is 13.2. The monoisotopic (exact) mass is 554 g/mol. The molecule has 2 aromatic rings. The number of rotatable bonds is 9. The molecule has 3 rings (SSSR count). The molecule has 0 unspecified atom stereocenters. The second-order valence-corrected chi connectivity index (χ2v) is 11.1. The minimum Gasteiger partial charge on any atom is -0.482 e. The molecule has 1 aliphatic rings. The van der Waals surface area contributed by atoms with Crippen LogP contribution in [0.2, 0.25) is 5.02 Å².